The Labute approximate surface area is 85.0 Å². The number of aromatic nitrogens is 2. The molecular formula is C8H9ClN2O3. The van der Waals surface area contributed by atoms with E-state index >= 15 is 0 Å². The molecule has 0 saturated carbocycles. The molecule has 14 heavy (non-hydrogen) atoms. The summed E-state index contributed by atoms with van der Waals surface area (Å²) in [6.45, 7) is 3.40. The van der Waals surface area contributed by atoms with E-state index in [0.717, 1.165) is 0 Å². The van der Waals surface area contributed by atoms with E-state index in [1.54, 1.807) is 6.92 Å². The van der Waals surface area contributed by atoms with Crippen molar-refractivity contribution in [1.29, 1.82) is 0 Å². The molecule has 6 heteroatoms. The van der Waals surface area contributed by atoms with E-state index in [1.807, 2.05) is 0 Å². The number of carbonyl (C=O) groups excluding carboxylic acids is 1. The first-order valence-corrected chi connectivity index (χ1v) is 4.37. The molecule has 0 fully saturated rings. The lowest BCUT2D eigenvalue weighted by molar-refractivity contribution is 0.0523. The van der Waals surface area contributed by atoms with Crippen LogP contribution in [-0.4, -0.2) is 22.8 Å². The molecule has 0 saturated heterocycles. The van der Waals surface area contributed by atoms with Gasteiger partial charge in [-0.1, -0.05) is 11.6 Å². The monoisotopic (exact) mass is 216 g/mol. The minimum Gasteiger partial charge on any atom is -0.462 e. The van der Waals surface area contributed by atoms with Crippen molar-refractivity contribution in [1.82, 2.24) is 10.2 Å². The van der Waals surface area contributed by atoms with Gasteiger partial charge in [0, 0.05) is 5.56 Å². The van der Waals surface area contributed by atoms with Gasteiger partial charge in [-0.3, -0.25) is 4.79 Å². The third-order valence-electron chi connectivity index (χ3n) is 1.65. The highest BCUT2D eigenvalue weighted by Gasteiger charge is 2.17. The van der Waals surface area contributed by atoms with Gasteiger partial charge < -0.3 is 4.74 Å². The molecule has 1 aromatic rings. The van der Waals surface area contributed by atoms with E-state index in [4.69, 9.17) is 16.3 Å². The van der Waals surface area contributed by atoms with Gasteiger partial charge in [-0.05, 0) is 13.8 Å². The lowest BCUT2D eigenvalue weighted by atomic mass is 10.2. The van der Waals surface area contributed by atoms with Gasteiger partial charge in [-0.2, -0.15) is 5.10 Å². The molecule has 1 rings (SSSR count). The van der Waals surface area contributed by atoms with E-state index < -0.39 is 11.5 Å². The summed E-state index contributed by atoms with van der Waals surface area (Å²) in [5, 5.41) is 5.70. The summed E-state index contributed by atoms with van der Waals surface area (Å²) >= 11 is 5.64. The number of hydrogen-bond donors (Lipinski definition) is 1. The number of nitrogens with zero attached hydrogens (tertiary/aromatic N) is 1. The van der Waals surface area contributed by atoms with Crippen LogP contribution in [0.1, 0.15) is 22.8 Å². The molecule has 0 aliphatic heterocycles. The zero-order chi connectivity index (χ0) is 10.7. The molecule has 0 atom stereocenters. The van der Waals surface area contributed by atoms with Crippen LogP contribution in [0.4, 0.5) is 0 Å². The number of aromatic amines is 1. The van der Waals surface area contributed by atoms with Crippen molar-refractivity contribution in [2.75, 3.05) is 6.61 Å². The highest BCUT2D eigenvalue weighted by atomic mass is 35.5. The molecule has 76 valence electrons. The van der Waals surface area contributed by atoms with Crippen LogP contribution in [0.3, 0.4) is 0 Å². The Bertz CT molecular complexity index is 414. The molecule has 5 nitrogen and oxygen atoms in total. The molecule has 0 aliphatic rings. The largest absolute Gasteiger partial charge is 0.462 e. The van der Waals surface area contributed by atoms with Crippen LogP contribution in [0.25, 0.3) is 0 Å². The first-order chi connectivity index (χ1) is 6.57. The summed E-state index contributed by atoms with van der Waals surface area (Å²) < 4.78 is 4.70. The molecule has 0 spiro atoms. The number of nitrogens with one attached hydrogen (secondary N) is 1. The fraction of sp³-hybridized carbons (Fsp3) is 0.375. The Hall–Kier alpha value is -1.36. The van der Waals surface area contributed by atoms with Crippen molar-refractivity contribution in [2.45, 2.75) is 13.8 Å². The Balaban J connectivity index is 3.26. The summed E-state index contributed by atoms with van der Waals surface area (Å²) in [5.74, 6) is -0.685. The number of H-pyrrole nitrogens is 1. The summed E-state index contributed by atoms with van der Waals surface area (Å²) in [6, 6.07) is 0. The predicted molar refractivity (Wildman–Crippen MR) is 50.6 cm³/mol. The van der Waals surface area contributed by atoms with E-state index in [9.17, 15) is 9.59 Å². The van der Waals surface area contributed by atoms with Crippen molar-refractivity contribution < 1.29 is 9.53 Å². The summed E-state index contributed by atoms with van der Waals surface area (Å²) in [6.07, 6.45) is 0. The second kappa shape index (κ2) is 4.23. The number of rotatable bonds is 2. The quantitative estimate of drug-likeness (QED) is 0.746. The maximum atomic E-state index is 11.3. The maximum Gasteiger partial charge on any atom is 0.344 e. The first-order valence-electron chi connectivity index (χ1n) is 3.99. The van der Waals surface area contributed by atoms with E-state index in [1.165, 1.54) is 6.92 Å². The third kappa shape index (κ3) is 1.93. The van der Waals surface area contributed by atoms with Gasteiger partial charge in [-0.15, -0.1) is 0 Å². The van der Waals surface area contributed by atoms with E-state index in [-0.39, 0.29) is 17.3 Å². The summed E-state index contributed by atoms with van der Waals surface area (Å²) in [5.41, 5.74) is -0.355. The molecule has 0 radical (unpaired) electrons. The Morgan fingerprint density at radius 2 is 2.29 bits per heavy atom. The predicted octanol–water partition coefficient (Wildman–Crippen LogP) is 0.908. The molecule has 1 N–H and O–H groups in total. The molecule has 1 heterocycles. The number of ether oxygens (including phenoxy) is 1. The minimum absolute atomic E-state index is 0.0904. The Kier molecular flexibility index (Phi) is 3.24. The lowest BCUT2D eigenvalue weighted by Gasteiger charge is -2.04. The smallest absolute Gasteiger partial charge is 0.344 e. The van der Waals surface area contributed by atoms with Gasteiger partial charge in [0.15, 0.2) is 5.15 Å². The second-order valence-electron chi connectivity index (χ2n) is 2.56. The van der Waals surface area contributed by atoms with Crippen LogP contribution in [-0.2, 0) is 4.74 Å². The number of hydrogen-bond acceptors (Lipinski definition) is 4. The van der Waals surface area contributed by atoms with Crippen LogP contribution in [0.15, 0.2) is 4.79 Å². The SMILES string of the molecule is CCOC(=O)c1c(C)c(Cl)n[nH]c1=O. The number of esters is 1. The molecule has 0 unspecified atom stereocenters. The Morgan fingerprint density at radius 1 is 1.64 bits per heavy atom. The minimum atomic E-state index is -0.685. The van der Waals surface area contributed by atoms with E-state index in [2.05, 4.69) is 10.2 Å². The van der Waals surface area contributed by atoms with Crippen molar-refractivity contribution in [3.63, 3.8) is 0 Å². The average molecular weight is 217 g/mol. The molecule has 0 aliphatic carbocycles. The lowest BCUT2D eigenvalue weighted by Crippen LogP contribution is -2.22. The normalized spacial score (nSPS) is 9.93. The van der Waals surface area contributed by atoms with E-state index in [0.29, 0.717) is 5.56 Å². The zero-order valence-electron chi connectivity index (χ0n) is 7.76. The fourth-order valence-electron chi connectivity index (χ4n) is 0.962. The first kappa shape index (κ1) is 10.7. The molecule has 0 aromatic carbocycles. The van der Waals surface area contributed by atoms with Crippen molar-refractivity contribution in [3.8, 4) is 0 Å². The van der Waals surface area contributed by atoms with Crippen molar-refractivity contribution >= 4 is 17.6 Å². The summed E-state index contributed by atoms with van der Waals surface area (Å²) in [7, 11) is 0. The molecule has 0 bridgehead atoms. The van der Waals surface area contributed by atoms with Crippen LogP contribution in [0.5, 0.6) is 0 Å². The number of halogens is 1. The summed E-state index contributed by atoms with van der Waals surface area (Å²) in [4.78, 5) is 22.5. The fourth-order valence-corrected chi connectivity index (χ4v) is 1.10. The maximum absolute atomic E-state index is 11.3. The van der Waals surface area contributed by atoms with Gasteiger partial charge in [0.05, 0.1) is 6.61 Å². The average Bonchev–Trinajstić information content (AvgIpc) is 2.13. The highest BCUT2D eigenvalue weighted by Crippen LogP contribution is 2.12. The highest BCUT2D eigenvalue weighted by molar-refractivity contribution is 6.30. The van der Waals surface area contributed by atoms with Crippen LogP contribution in [0, 0.1) is 6.92 Å². The molecule has 1 aromatic heterocycles. The van der Waals surface area contributed by atoms with Gasteiger partial charge in [0.25, 0.3) is 5.56 Å². The Morgan fingerprint density at radius 3 is 2.86 bits per heavy atom. The zero-order valence-corrected chi connectivity index (χ0v) is 8.51. The molecule has 0 amide bonds. The third-order valence-corrected chi connectivity index (χ3v) is 2.01. The van der Waals surface area contributed by atoms with Crippen molar-refractivity contribution in [2.24, 2.45) is 0 Å². The van der Waals surface area contributed by atoms with Gasteiger partial charge >= 0.3 is 5.97 Å². The number of carbonyl (C=O) groups is 1. The van der Waals surface area contributed by atoms with Crippen LogP contribution < -0.4 is 5.56 Å². The van der Waals surface area contributed by atoms with Gasteiger partial charge in [-0.25, -0.2) is 9.89 Å². The van der Waals surface area contributed by atoms with Gasteiger partial charge in [0.1, 0.15) is 5.56 Å². The topological polar surface area (TPSA) is 72.0 Å². The van der Waals surface area contributed by atoms with Gasteiger partial charge in [0.2, 0.25) is 0 Å². The van der Waals surface area contributed by atoms with Crippen LogP contribution in [0.2, 0.25) is 5.15 Å². The molecular weight excluding hydrogens is 208 g/mol. The second-order valence-corrected chi connectivity index (χ2v) is 2.92. The standard InChI is InChI=1S/C8H9ClN2O3/c1-3-14-8(13)5-4(2)6(9)10-11-7(5)12/h3H2,1-2H3,(H,11,12). The van der Waals surface area contributed by atoms with Crippen molar-refractivity contribution in [3.05, 3.63) is 26.6 Å². The van der Waals surface area contributed by atoms with Crippen LogP contribution >= 0.6 is 11.6 Å².